The van der Waals surface area contributed by atoms with Crippen molar-refractivity contribution in [2.75, 3.05) is 13.6 Å². The zero-order chi connectivity index (χ0) is 12.4. The molecule has 3 amide bonds. The summed E-state index contributed by atoms with van der Waals surface area (Å²) in [4.78, 5) is 29.2. The quantitative estimate of drug-likeness (QED) is 0.721. The molecule has 0 N–H and O–H groups in total. The summed E-state index contributed by atoms with van der Waals surface area (Å²) in [6.07, 6.45) is 0.289. The van der Waals surface area contributed by atoms with E-state index in [1.165, 1.54) is 18.0 Å². The largest absolute Gasteiger partial charge is 0.326 e. The number of halogens is 1. The van der Waals surface area contributed by atoms with Gasteiger partial charge in [-0.05, 0) is 12.1 Å². The van der Waals surface area contributed by atoms with Crippen molar-refractivity contribution in [3.63, 3.8) is 0 Å². The van der Waals surface area contributed by atoms with Crippen LogP contribution < -0.4 is 0 Å². The van der Waals surface area contributed by atoms with E-state index in [1.807, 2.05) is 0 Å². The van der Waals surface area contributed by atoms with Crippen LogP contribution in [0.4, 0.5) is 9.18 Å². The lowest BCUT2D eigenvalue weighted by molar-refractivity contribution is -0.129. The van der Waals surface area contributed by atoms with Gasteiger partial charge in [0.2, 0.25) is 11.9 Å². The molecule has 1 aliphatic rings. The lowest BCUT2D eigenvalue weighted by Crippen LogP contribution is -2.49. The Balaban J connectivity index is 2.09. The van der Waals surface area contributed by atoms with Crippen LogP contribution in [-0.2, 0) is 11.3 Å². The van der Waals surface area contributed by atoms with E-state index in [2.05, 4.69) is 4.98 Å². The van der Waals surface area contributed by atoms with E-state index in [4.69, 9.17) is 0 Å². The Morgan fingerprint density at radius 3 is 2.88 bits per heavy atom. The zero-order valence-corrected chi connectivity index (χ0v) is 9.39. The molecule has 1 aliphatic heterocycles. The molecule has 90 valence electrons. The van der Waals surface area contributed by atoms with E-state index in [0.29, 0.717) is 12.2 Å². The fourth-order valence-electron chi connectivity index (χ4n) is 1.69. The molecular weight excluding hydrogens is 225 g/mol. The topological polar surface area (TPSA) is 53.5 Å². The van der Waals surface area contributed by atoms with Crippen LogP contribution in [0, 0.1) is 5.95 Å². The summed E-state index contributed by atoms with van der Waals surface area (Å²) in [5.41, 5.74) is 0.473. The monoisotopic (exact) mass is 237 g/mol. The molecule has 0 unspecified atom stereocenters. The van der Waals surface area contributed by atoms with E-state index in [9.17, 15) is 14.0 Å². The molecule has 1 aromatic rings. The lowest BCUT2D eigenvalue weighted by Gasteiger charge is -2.31. The number of hydrogen-bond donors (Lipinski definition) is 0. The molecule has 1 fully saturated rings. The second-order valence-corrected chi connectivity index (χ2v) is 3.86. The molecule has 0 atom stereocenters. The average Bonchev–Trinajstić information content (AvgIpc) is 2.30. The maximum atomic E-state index is 12.9. The first-order chi connectivity index (χ1) is 8.08. The average molecular weight is 237 g/mol. The van der Waals surface area contributed by atoms with Crippen LogP contribution in [0.3, 0.4) is 0 Å². The van der Waals surface area contributed by atoms with Gasteiger partial charge < -0.3 is 4.90 Å². The van der Waals surface area contributed by atoms with Crippen molar-refractivity contribution in [2.24, 2.45) is 0 Å². The minimum absolute atomic E-state index is 0.196. The summed E-state index contributed by atoms with van der Waals surface area (Å²) in [5, 5.41) is 0. The molecule has 0 spiro atoms. The fraction of sp³-hybridized carbons (Fsp3) is 0.364. The second kappa shape index (κ2) is 4.48. The van der Waals surface area contributed by atoms with Crippen molar-refractivity contribution >= 4 is 11.9 Å². The van der Waals surface area contributed by atoms with Gasteiger partial charge in [-0.15, -0.1) is 0 Å². The Morgan fingerprint density at radius 1 is 1.41 bits per heavy atom. The molecule has 0 aliphatic carbocycles. The van der Waals surface area contributed by atoms with Crippen molar-refractivity contribution in [2.45, 2.75) is 13.0 Å². The van der Waals surface area contributed by atoms with Crippen LogP contribution in [0.2, 0.25) is 0 Å². The van der Waals surface area contributed by atoms with Gasteiger partial charge in [-0.2, -0.15) is 4.39 Å². The standard InChI is InChI=1S/C11H12FN3O2/c1-14-10(16)5-6-15(11(14)17)7-8-3-2-4-9(12)13-8/h2-4H,5-7H2,1H3. The van der Waals surface area contributed by atoms with Gasteiger partial charge in [-0.25, -0.2) is 9.78 Å². The van der Waals surface area contributed by atoms with Crippen molar-refractivity contribution < 1.29 is 14.0 Å². The van der Waals surface area contributed by atoms with Crippen LogP contribution in [0.1, 0.15) is 12.1 Å². The van der Waals surface area contributed by atoms with Gasteiger partial charge in [0.05, 0.1) is 12.2 Å². The summed E-state index contributed by atoms with van der Waals surface area (Å²) in [7, 11) is 1.44. The van der Waals surface area contributed by atoms with Crippen LogP contribution in [0.5, 0.6) is 0 Å². The molecule has 0 aromatic carbocycles. The smallest absolute Gasteiger partial charge is 0.318 e. The third-order valence-electron chi connectivity index (χ3n) is 2.65. The van der Waals surface area contributed by atoms with Crippen LogP contribution >= 0.6 is 0 Å². The summed E-state index contributed by atoms with van der Waals surface area (Å²) in [6.45, 7) is 0.564. The maximum Gasteiger partial charge on any atom is 0.326 e. The zero-order valence-electron chi connectivity index (χ0n) is 9.39. The molecule has 17 heavy (non-hydrogen) atoms. The highest BCUT2D eigenvalue weighted by Crippen LogP contribution is 2.12. The van der Waals surface area contributed by atoms with Gasteiger partial charge in [-0.3, -0.25) is 9.69 Å². The van der Waals surface area contributed by atoms with Crippen molar-refractivity contribution in [1.82, 2.24) is 14.8 Å². The van der Waals surface area contributed by atoms with E-state index in [-0.39, 0.29) is 24.9 Å². The lowest BCUT2D eigenvalue weighted by atomic mass is 10.2. The number of carbonyl (C=O) groups is 2. The number of hydrogen-bond acceptors (Lipinski definition) is 3. The summed E-state index contributed by atoms with van der Waals surface area (Å²) >= 11 is 0. The molecule has 0 radical (unpaired) electrons. The van der Waals surface area contributed by atoms with E-state index in [0.717, 1.165) is 4.90 Å². The second-order valence-electron chi connectivity index (χ2n) is 3.86. The van der Waals surface area contributed by atoms with Crippen molar-refractivity contribution in [3.8, 4) is 0 Å². The van der Waals surface area contributed by atoms with Crippen molar-refractivity contribution in [3.05, 3.63) is 29.8 Å². The normalized spacial score (nSPS) is 16.6. The van der Waals surface area contributed by atoms with Gasteiger partial charge >= 0.3 is 6.03 Å². The number of amides is 3. The van der Waals surface area contributed by atoms with Crippen LogP contribution in [-0.4, -0.2) is 40.3 Å². The third-order valence-corrected chi connectivity index (χ3v) is 2.65. The highest BCUT2D eigenvalue weighted by atomic mass is 19.1. The Labute approximate surface area is 97.8 Å². The summed E-state index contributed by atoms with van der Waals surface area (Å²) in [5.74, 6) is -0.769. The Morgan fingerprint density at radius 2 is 2.18 bits per heavy atom. The van der Waals surface area contributed by atoms with Gasteiger partial charge in [0.1, 0.15) is 0 Å². The van der Waals surface area contributed by atoms with E-state index >= 15 is 0 Å². The number of aromatic nitrogens is 1. The fourth-order valence-corrected chi connectivity index (χ4v) is 1.69. The minimum Gasteiger partial charge on any atom is -0.318 e. The number of urea groups is 1. The van der Waals surface area contributed by atoms with Crippen LogP contribution in [0.25, 0.3) is 0 Å². The molecule has 6 heteroatoms. The van der Waals surface area contributed by atoms with Crippen LogP contribution in [0.15, 0.2) is 18.2 Å². The highest BCUT2D eigenvalue weighted by Gasteiger charge is 2.28. The van der Waals surface area contributed by atoms with E-state index < -0.39 is 5.95 Å². The number of carbonyl (C=O) groups excluding carboxylic acids is 2. The first-order valence-electron chi connectivity index (χ1n) is 5.25. The number of rotatable bonds is 2. The van der Waals surface area contributed by atoms with Gasteiger partial charge in [0.15, 0.2) is 0 Å². The first kappa shape index (κ1) is 11.5. The molecular formula is C11H12FN3O2. The molecule has 0 bridgehead atoms. The predicted octanol–water partition coefficient (Wildman–Crippen LogP) is 1.00. The SMILES string of the molecule is CN1C(=O)CCN(Cc2cccc(F)n2)C1=O. The van der Waals surface area contributed by atoms with E-state index in [1.54, 1.807) is 12.1 Å². The van der Waals surface area contributed by atoms with Gasteiger partial charge in [0.25, 0.3) is 0 Å². The van der Waals surface area contributed by atoms with Crippen molar-refractivity contribution in [1.29, 1.82) is 0 Å². The molecule has 1 saturated heterocycles. The molecule has 0 saturated carbocycles. The van der Waals surface area contributed by atoms with Gasteiger partial charge in [0, 0.05) is 20.0 Å². The minimum atomic E-state index is -0.573. The highest BCUT2D eigenvalue weighted by molar-refractivity contribution is 5.96. The van der Waals surface area contributed by atoms with Gasteiger partial charge in [-0.1, -0.05) is 6.07 Å². The Bertz CT molecular complexity index is 464. The molecule has 5 nitrogen and oxygen atoms in total. The molecule has 1 aromatic heterocycles. The molecule has 2 heterocycles. The maximum absolute atomic E-state index is 12.9. The number of pyridine rings is 1. The Hall–Kier alpha value is -1.98. The summed E-state index contributed by atoms with van der Waals surface area (Å²) < 4.78 is 12.9. The summed E-state index contributed by atoms with van der Waals surface area (Å²) in [6, 6.07) is 4.07. The first-order valence-corrected chi connectivity index (χ1v) is 5.25. The number of imide groups is 1. The molecule has 2 rings (SSSR count). The Kier molecular flexibility index (Phi) is 3.03. The number of nitrogens with zero attached hydrogens (tertiary/aromatic N) is 3. The predicted molar refractivity (Wildman–Crippen MR) is 57.4 cm³/mol. The third kappa shape index (κ3) is 2.41.